The number of allylic oxidation sites excluding steroid dienone is 1. The van der Waals surface area contributed by atoms with E-state index in [1.54, 1.807) is 6.08 Å². The highest BCUT2D eigenvalue weighted by Crippen LogP contribution is 2.41. The first kappa shape index (κ1) is 24.6. The van der Waals surface area contributed by atoms with Crippen molar-refractivity contribution in [1.29, 1.82) is 0 Å². The predicted molar refractivity (Wildman–Crippen MR) is 138 cm³/mol. The van der Waals surface area contributed by atoms with E-state index in [1.165, 1.54) is 11.1 Å². The molecule has 0 bridgehead atoms. The monoisotopic (exact) mass is 447 g/mol. The van der Waals surface area contributed by atoms with Gasteiger partial charge in [-0.15, -0.1) is 0 Å². The molecule has 33 heavy (non-hydrogen) atoms. The first-order valence-corrected chi connectivity index (χ1v) is 12.0. The molecule has 0 radical (unpaired) electrons. The molecule has 0 N–H and O–H groups in total. The van der Waals surface area contributed by atoms with Crippen LogP contribution in [0.3, 0.4) is 0 Å². The van der Waals surface area contributed by atoms with Crippen molar-refractivity contribution >= 4 is 22.4 Å². The number of hydrogen-bond acceptors (Lipinski definition) is 3. The van der Waals surface area contributed by atoms with Crippen LogP contribution in [0.4, 0.5) is 0 Å². The predicted octanol–water partition coefficient (Wildman–Crippen LogP) is 7.48. The summed E-state index contributed by atoms with van der Waals surface area (Å²) < 4.78 is 12.1. The minimum Gasteiger partial charge on any atom is -0.493 e. The van der Waals surface area contributed by atoms with Crippen molar-refractivity contribution in [1.82, 2.24) is 4.90 Å². The molecule has 0 unspecified atom stereocenters. The van der Waals surface area contributed by atoms with E-state index in [0.29, 0.717) is 6.61 Å². The highest BCUT2D eigenvalue weighted by molar-refractivity contribution is 6.02. The minimum absolute atomic E-state index is 0.0539. The molecule has 176 valence electrons. The summed E-state index contributed by atoms with van der Waals surface area (Å²) in [6.45, 7) is 16.5. The number of carbonyl (C=O) groups excluding carboxylic acids is 1. The van der Waals surface area contributed by atoms with E-state index >= 15 is 0 Å². The lowest BCUT2D eigenvalue weighted by Crippen LogP contribution is -2.31. The van der Waals surface area contributed by atoms with Crippen LogP contribution in [-0.4, -0.2) is 30.5 Å². The summed E-state index contributed by atoms with van der Waals surface area (Å²) in [7, 11) is 0. The Balaban J connectivity index is 2.17. The number of ether oxygens (including phenoxy) is 1. The first-order valence-electron chi connectivity index (χ1n) is 12.0. The average Bonchev–Trinajstić information content (AvgIpc) is 3.19. The molecule has 1 amide bonds. The molecule has 0 aliphatic carbocycles. The number of furan rings is 1. The molecule has 0 spiro atoms. The maximum absolute atomic E-state index is 13.0. The van der Waals surface area contributed by atoms with Gasteiger partial charge in [-0.3, -0.25) is 4.79 Å². The fourth-order valence-corrected chi connectivity index (χ4v) is 4.49. The van der Waals surface area contributed by atoms with Gasteiger partial charge < -0.3 is 14.1 Å². The Bertz CT molecular complexity index is 1160. The van der Waals surface area contributed by atoms with Gasteiger partial charge in [0.25, 0.3) is 0 Å². The Morgan fingerprint density at radius 3 is 2.33 bits per heavy atom. The van der Waals surface area contributed by atoms with Gasteiger partial charge in [0.15, 0.2) is 0 Å². The molecule has 0 aliphatic heterocycles. The third-order valence-corrected chi connectivity index (χ3v) is 6.07. The zero-order chi connectivity index (χ0) is 24.1. The number of fused-ring (bicyclic) bond motifs is 1. The van der Waals surface area contributed by atoms with E-state index in [1.807, 2.05) is 31.9 Å². The summed E-state index contributed by atoms with van der Waals surface area (Å²) in [5.41, 5.74) is 8.29. The van der Waals surface area contributed by atoms with Crippen LogP contribution in [0.1, 0.15) is 62.8 Å². The first-order chi connectivity index (χ1) is 15.8. The Labute approximate surface area is 198 Å². The summed E-state index contributed by atoms with van der Waals surface area (Å²) in [6, 6.07) is 8.59. The summed E-state index contributed by atoms with van der Waals surface area (Å²) in [5, 5.41) is 1.04. The lowest BCUT2D eigenvalue weighted by molar-refractivity contribution is -0.126. The van der Waals surface area contributed by atoms with E-state index in [0.717, 1.165) is 70.5 Å². The molecule has 1 aromatic heterocycles. The van der Waals surface area contributed by atoms with Gasteiger partial charge in [0.05, 0.1) is 12.9 Å². The zero-order valence-electron chi connectivity index (χ0n) is 21.2. The molecular weight excluding hydrogens is 410 g/mol. The van der Waals surface area contributed by atoms with Crippen LogP contribution in [0, 0.1) is 20.8 Å². The van der Waals surface area contributed by atoms with E-state index in [-0.39, 0.29) is 5.91 Å². The Morgan fingerprint density at radius 1 is 1.03 bits per heavy atom. The quantitative estimate of drug-likeness (QED) is 0.319. The maximum Gasteiger partial charge on any atom is 0.246 e. The number of amides is 1. The van der Waals surface area contributed by atoms with Crippen molar-refractivity contribution in [2.24, 2.45) is 0 Å². The third-order valence-electron chi connectivity index (χ3n) is 6.07. The molecule has 0 fully saturated rings. The lowest BCUT2D eigenvalue weighted by atomic mass is 9.94. The molecule has 2 aromatic carbocycles. The van der Waals surface area contributed by atoms with Crippen LogP contribution >= 0.6 is 0 Å². The van der Waals surface area contributed by atoms with Gasteiger partial charge in [-0.25, -0.2) is 0 Å². The van der Waals surface area contributed by atoms with Gasteiger partial charge >= 0.3 is 0 Å². The van der Waals surface area contributed by atoms with Crippen LogP contribution in [0.15, 0.2) is 41.0 Å². The molecule has 0 saturated heterocycles. The van der Waals surface area contributed by atoms with Crippen molar-refractivity contribution in [2.45, 2.75) is 61.3 Å². The molecule has 0 aliphatic rings. The van der Waals surface area contributed by atoms with Crippen LogP contribution < -0.4 is 4.74 Å². The minimum atomic E-state index is 0.0539. The summed E-state index contributed by atoms with van der Waals surface area (Å²) in [5.74, 6) is 0.837. The van der Waals surface area contributed by atoms with Crippen LogP contribution in [0.5, 0.6) is 5.75 Å². The maximum atomic E-state index is 13.0. The van der Waals surface area contributed by atoms with Gasteiger partial charge in [-0.2, -0.15) is 0 Å². The lowest BCUT2D eigenvalue weighted by Gasteiger charge is -2.20. The van der Waals surface area contributed by atoms with Gasteiger partial charge in [0.1, 0.15) is 11.3 Å². The third kappa shape index (κ3) is 5.16. The van der Waals surface area contributed by atoms with E-state index in [4.69, 9.17) is 9.15 Å². The van der Waals surface area contributed by atoms with E-state index < -0.39 is 0 Å². The SMILES string of the molecule is CCCN(CCC)C(=O)/C=C(\C)c1cc2c(-c3ccc(C)cc3C)coc2c(C)c1OCC. The second-order valence-corrected chi connectivity index (χ2v) is 8.81. The normalized spacial score (nSPS) is 11.8. The Hall–Kier alpha value is -3.01. The number of hydrogen-bond donors (Lipinski definition) is 0. The molecule has 1 heterocycles. The second kappa shape index (κ2) is 10.7. The Morgan fingerprint density at radius 2 is 1.73 bits per heavy atom. The summed E-state index contributed by atoms with van der Waals surface area (Å²) >= 11 is 0. The van der Waals surface area contributed by atoms with Gasteiger partial charge in [-0.1, -0.05) is 37.6 Å². The van der Waals surface area contributed by atoms with E-state index in [2.05, 4.69) is 52.0 Å². The topological polar surface area (TPSA) is 42.7 Å². The van der Waals surface area contributed by atoms with Gasteiger partial charge in [0.2, 0.25) is 5.91 Å². The average molecular weight is 448 g/mol. The van der Waals surface area contributed by atoms with Crippen molar-refractivity contribution < 1.29 is 13.9 Å². The zero-order valence-corrected chi connectivity index (χ0v) is 21.2. The Kier molecular flexibility index (Phi) is 8.01. The summed E-state index contributed by atoms with van der Waals surface area (Å²) in [6.07, 6.45) is 5.49. The number of nitrogens with zero attached hydrogens (tertiary/aromatic N) is 1. The molecule has 4 nitrogen and oxygen atoms in total. The smallest absolute Gasteiger partial charge is 0.246 e. The van der Waals surface area contributed by atoms with Crippen molar-refractivity contribution in [3.05, 3.63) is 58.9 Å². The highest BCUT2D eigenvalue weighted by Gasteiger charge is 2.20. The van der Waals surface area contributed by atoms with Crippen LogP contribution in [-0.2, 0) is 4.79 Å². The molecular formula is C29H37NO3. The molecule has 3 rings (SSSR count). The van der Waals surface area contributed by atoms with Crippen molar-refractivity contribution in [3.8, 4) is 16.9 Å². The number of aryl methyl sites for hydroxylation is 3. The fourth-order valence-electron chi connectivity index (χ4n) is 4.49. The molecule has 3 aromatic rings. The number of rotatable bonds is 9. The number of benzene rings is 2. The van der Waals surface area contributed by atoms with Gasteiger partial charge in [-0.05, 0) is 70.2 Å². The second-order valence-electron chi connectivity index (χ2n) is 8.81. The van der Waals surface area contributed by atoms with Crippen molar-refractivity contribution in [2.75, 3.05) is 19.7 Å². The molecule has 0 saturated carbocycles. The standard InChI is InChI=1S/C29H37NO3/c1-8-13-30(14-9-2)27(31)16-21(6)24-17-25-26(23-12-11-19(4)15-20(23)5)18-33-29(25)22(7)28(24)32-10-3/h11-12,15-18H,8-10,13-14H2,1-7H3/b21-16+. The molecule has 4 heteroatoms. The van der Waals surface area contributed by atoms with Crippen LogP contribution in [0.2, 0.25) is 0 Å². The van der Waals surface area contributed by atoms with E-state index in [9.17, 15) is 4.79 Å². The largest absolute Gasteiger partial charge is 0.493 e. The molecule has 0 atom stereocenters. The highest BCUT2D eigenvalue weighted by atomic mass is 16.5. The van der Waals surface area contributed by atoms with Gasteiger partial charge in [0, 0.05) is 41.2 Å². The van der Waals surface area contributed by atoms with Crippen LogP contribution in [0.25, 0.3) is 27.7 Å². The fraction of sp³-hybridized carbons (Fsp3) is 0.414. The summed E-state index contributed by atoms with van der Waals surface area (Å²) in [4.78, 5) is 15.0. The van der Waals surface area contributed by atoms with Crippen molar-refractivity contribution in [3.63, 3.8) is 0 Å². The number of carbonyl (C=O) groups is 1.